The maximum absolute atomic E-state index is 11.1. The number of carboxylic acids is 1. The molecule has 0 radical (unpaired) electrons. The third-order valence-electron chi connectivity index (χ3n) is 6.13. The molecule has 160 valence electrons. The van der Waals surface area contributed by atoms with Crippen LogP contribution in [0.3, 0.4) is 0 Å². The predicted octanol–water partition coefficient (Wildman–Crippen LogP) is 4.54. The lowest BCUT2D eigenvalue weighted by Gasteiger charge is -2.44. The van der Waals surface area contributed by atoms with Gasteiger partial charge in [0.1, 0.15) is 0 Å². The van der Waals surface area contributed by atoms with Crippen molar-refractivity contribution in [1.82, 2.24) is 14.8 Å². The molecule has 1 fully saturated rings. The molecule has 0 unspecified atom stereocenters. The van der Waals surface area contributed by atoms with Gasteiger partial charge in [0.05, 0.1) is 5.56 Å². The van der Waals surface area contributed by atoms with E-state index in [-0.39, 0.29) is 0 Å². The standard InChI is InChI=1S/C26H29N3O2/c1-19-15-28(17-21-9-11-22(12-10-21)26(30)31)16-20(2)29(19)18-24-6-3-4-8-25(24)23-7-5-13-27-14-23/h3-14,19-20H,15-18H2,1-2H3,(H,30,31)/t19-,20+. The van der Waals surface area contributed by atoms with Crippen molar-refractivity contribution in [3.8, 4) is 11.1 Å². The highest BCUT2D eigenvalue weighted by atomic mass is 16.4. The molecule has 0 aliphatic carbocycles. The molecule has 31 heavy (non-hydrogen) atoms. The van der Waals surface area contributed by atoms with Crippen LogP contribution in [0.15, 0.2) is 73.1 Å². The van der Waals surface area contributed by atoms with Crippen LogP contribution < -0.4 is 0 Å². The van der Waals surface area contributed by atoms with Gasteiger partial charge in [0.15, 0.2) is 0 Å². The average molecular weight is 416 g/mol. The topological polar surface area (TPSA) is 56.7 Å². The Morgan fingerprint density at radius 2 is 1.68 bits per heavy atom. The van der Waals surface area contributed by atoms with E-state index in [9.17, 15) is 4.79 Å². The predicted molar refractivity (Wildman–Crippen MR) is 123 cm³/mol. The molecule has 1 saturated heterocycles. The molecule has 0 saturated carbocycles. The molecule has 1 N–H and O–H groups in total. The summed E-state index contributed by atoms with van der Waals surface area (Å²) in [6.07, 6.45) is 3.74. The number of hydrogen-bond donors (Lipinski definition) is 1. The average Bonchev–Trinajstić information content (AvgIpc) is 2.77. The van der Waals surface area contributed by atoms with E-state index < -0.39 is 5.97 Å². The number of benzene rings is 2. The third-order valence-corrected chi connectivity index (χ3v) is 6.13. The number of piperazine rings is 1. The molecule has 2 atom stereocenters. The van der Waals surface area contributed by atoms with E-state index in [1.54, 1.807) is 12.1 Å². The van der Waals surface area contributed by atoms with Crippen molar-refractivity contribution in [2.45, 2.75) is 39.0 Å². The number of rotatable bonds is 6. The Hall–Kier alpha value is -3.02. The van der Waals surface area contributed by atoms with Crippen LogP contribution in [0.1, 0.15) is 35.3 Å². The van der Waals surface area contributed by atoms with Crippen molar-refractivity contribution in [2.75, 3.05) is 13.1 Å². The zero-order valence-corrected chi connectivity index (χ0v) is 18.1. The van der Waals surface area contributed by atoms with Crippen LogP contribution in [0.5, 0.6) is 0 Å². The Morgan fingerprint density at radius 3 is 2.32 bits per heavy atom. The van der Waals surface area contributed by atoms with Crippen molar-refractivity contribution >= 4 is 5.97 Å². The van der Waals surface area contributed by atoms with Gasteiger partial charge in [0, 0.05) is 56.2 Å². The van der Waals surface area contributed by atoms with Crippen LogP contribution in [0, 0.1) is 0 Å². The van der Waals surface area contributed by atoms with Gasteiger partial charge in [-0.15, -0.1) is 0 Å². The maximum Gasteiger partial charge on any atom is 0.335 e. The molecule has 1 aromatic heterocycles. The second kappa shape index (κ2) is 9.41. The van der Waals surface area contributed by atoms with Crippen molar-refractivity contribution in [2.24, 2.45) is 0 Å². The van der Waals surface area contributed by atoms with Gasteiger partial charge in [-0.25, -0.2) is 4.79 Å². The Kier molecular flexibility index (Phi) is 6.44. The molecule has 1 aliphatic rings. The maximum atomic E-state index is 11.1. The fraction of sp³-hybridized carbons (Fsp3) is 0.308. The largest absolute Gasteiger partial charge is 0.478 e. The van der Waals surface area contributed by atoms with Gasteiger partial charge in [-0.05, 0) is 48.7 Å². The van der Waals surface area contributed by atoms with E-state index >= 15 is 0 Å². The lowest BCUT2D eigenvalue weighted by Crippen LogP contribution is -2.55. The van der Waals surface area contributed by atoms with Gasteiger partial charge < -0.3 is 5.11 Å². The quantitative estimate of drug-likeness (QED) is 0.640. The van der Waals surface area contributed by atoms with Crippen molar-refractivity contribution in [3.05, 3.63) is 89.7 Å². The Labute approximate surface area is 184 Å². The smallest absolute Gasteiger partial charge is 0.335 e. The monoisotopic (exact) mass is 415 g/mol. The number of aromatic nitrogens is 1. The molecule has 5 nitrogen and oxygen atoms in total. The zero-order valence-electron chi connectivity index (χ0n) is 18.1. The summed E-state index contributed by atoms with van der Waals surface area (Å²) in [6.45, 7) is 8.31. The summed E-state index contributed by atoms with van der Waals surface area (Å²) < 4.78 is 0. The van der Waals surface area contributed by atoms with Crippen LogP contribution in [0.25, 0.3) is 11.1 Å². The van der Waals surface area contributed by atoms with Crippen LogP contribution in [-0.4, -0.2) is 51.0 Å². The minimum absolute atomic E-state index is 0.336. The van der Waals surface area contributed by atoms with E-state index in [4.69, 9.17) is 5.11 Å². The number of carboxylic acid groups (broad SMARTS) is 1. The normalized spacial score (nSPS) is 19.9. The summed E-state index contributed by atoms with van der Waals surface area (Å²) in [4.78, 5) is 20.4. The summed E-state index contributed by atoms with van der Waals surface area (Å²) in [5, 5.41) is 9.09. The summed E-state index contributed by atoms with van der Waals surface area (Å²) in [6, 6.07) is 20.8. The first kappa shape index (κ1) is 21.2. The lowest BCUT2D eigenvalue weighted by molar-refractivity contribution is 0.0291. The molecular weight excluding hydrogens is 386 g/mol. The number of nitrogens with zero attached hydrogens (tertiary/aromatic N) is 3. The van der Waals surface area contributed by atoms with Crippen LogP contribution in [0.4, 0.5) is 0 Å². The van der Waals surface area contributed by atoms with E-state index in [1.807, 2.05) is 30.6 Å². The van der Waals surface area contributed by atoms with Crippen molar-refractivity contribution < 1.29 is 9.90 Å². The molecule has 2 heterocycles. The van der Waals surface area contributed by atoms with E-state index in [0.29, 0.717) is 17.6 Å². The minimum atomic E-state index is -0.881. The van der Waals surface area contributed by atoms with Crippen LogP contribution in [0.2, 0.25) is 0 Å². The first-order valence-electron chi connectivity index (χ1n) is 10.8. The molecule has 0 amide bonds. The van der Waals surface area contributed by atoms with Crippen LogP contribution in [-0.2, 0) is 13.1 Å². The van der Waals surface area contributed by atoms with Gasteiger partial charge in [0.25, 0.3) is 0 Å². The first-order chi connectivity index (χ1) is 15.0. The van der Waals surface area contributed by atoms with E-state index in [1.165, 1.54) is 11.1 Å². The molecule has 1 aliphatic heterocycles. The molecular formula is C26H29N3O2. The van der Waals surface area contributed by atoms with Gasteiger partial charge in [-0.1, -0.05) is 42.5 Å². The van der Waals surface area contributed by atoms with Crippen molar-refractivity contribution in [3.63, 3.8) is 0 Å². The fourth-order valence-electron chi connectivity index (χ4n) is 4.58. The Bertz CT molecular complexity index is 1010. The Morgan fingerprint density at radius 1 is 0.968 bits per heavy atom. The highest BCUT2D eigenvalue weighted by Crippen LogP contribution is 2.27. The molecule has 3 aromatic rings. The van der Waals surface area contributed by atoms with Gasteiger partial charge in [0.2, 0.25) is 0 Å². The molecule has 0 spiro atoms. The minimum Gasteiger partial charge on any atom is -0.478 e. The highest BCUT2D eigenvalue weighted by Gasteiger charge is 2.29. The van der Waals surface area contributed by atoms with E-state index in [2.05, 4.69) is 59.0 Å². The number of hydrogen-bond acceptors (Lipinski definition) is 4. The van der Waals surface area contributed by atoms with Gasteiger partial charge >= 0.3 is 5.97 Å². The molecule has 5 heteroatoms. The zero-order chi connectivity index (χ0) is 21.8. The SMILES string of the molecule is C[C@@H]1CN(Cc2ccc(C(=O)O)cc2)C[C@H](C)N1Cc1ccccc1-c1cccnc1. The van der Waals surface area contributed by atoms with E-state index in [0.717, 1.165) is 37.3 Å². The molecule has 2 aromatic carbocycles. The lowest BCUT2D eigenvalue weighted by atomic mass is 9.98. The second-order valence-corrected chi connectivity index (χ2v) is 8.47. The Balaban J connectivity index is 1.44. The number of carbonyl (C=O) groups is 1. The fourth-order valence-corrected chi connectivity index (χ4v) is 4.58. The third kappa shape index (κ3) is 5.01. The first-order valence-corrected chi connectivity index (χ1v) is 10.8. The molecule has 0 bridgehead atoms. The van der Waals surface area contributed by atoms with Gasteiger partial charge in [-0.3, -0.25) is 14.8 Å². The highest BCUT2D eigenvalue weighted by molar-refractivity contribution is 5.87. The van der Waals surface area contributed by atoms with Crippen molar-refractivity contribution in [1.29, 1.82) is 0 Å². The number of aromatic carboxylic acids is 1. The summed E-state index contributed by atoms with van der Waals surface area (Å²) in [5.74, 6) is -0.881. The summed E-state index contributed by atoms with van der Waals surface area (Å²) in [5.41, 5.74) is 5.21. The second-order valence-electron chi connectivity index (χ2n) is 8.47. The number of pyridine rings is 1. The van der Waals surface area contributed by atoms with Crippen LogP contribution >= 0.6 is 0 Å². The summed E-state index contributed by atoms with van der Waals surface area (Å²) >= 11 is 0. The van der Waals surface area contributed by atoms with Gasteiger partial charge in [-0.2, -0.15) is 0 Å². The molecule has 4 rings (SSSR count). The summed E-state index contributed by atoms with van der Waals surface area (Å²) in [7, 11) is 0.